The Morgan fingerprint density at radius 2 is 1.62 bits per heavy atom. The molecule has 0 spiro atoms. The van der Waals surface area contributed by atoms with Crippen LogP contribution in [0.2, 0.25) is 0 Å². The van der Waals surface area contributed by atoms with Crippen LogP contribution in [0.15, 0.2) is 0 Å². The molecule has 0 nitrogen and oxygen atoms in total. The average molecular weight is 295 g/mol. The van der Waals surface area contributed by atoms with Gasteiger partial charge in [-0.15, -0.1) is 0 Å². The Hall–Kier alpha value is 0. The maximum atomic E-state index is 2.68. The summed E-state index contributed by atoms with van der Waals surface area (Å²) in [5.41, 5.74) is 1.17. The summed E-state index contributed by atoms with van der Waals surface area (Å²) in [4.78, 5) is 0. The molecule has 0 aromatic carbocycles. The Morgan fingerprint density at radius 3 is 2.00 bits per heavy atom. The zero-order valence-corrected chi connectivity index (χ0v) is 16.3. The molecule has 1 fully saturated rings. The van der Waals surface area contributed by atoms with Crippen molar-refractivity contribution in [2.24, 2.45) is 34.5 Å². The van der Waals surface area contributed by atoms with Crippen molar-refractivity contribution < 1.29 is 0 Å². The van der Waals surface area contributed by atoms with Crippen LogP contribution in [0.3, 0.4) is 0 Å². The lowest BCUT2D eigenvalue weighted by molar-refractivity contribution is -0.242. The molecule has 1 aliphatic carbocycles. The highest BCUT2D eigenvalue weighted by Crippen LogP contribution is 2.73. The third kappa shape index (κ3) is 2.70. The lowest BCUT2D eigenvalue weighted by Crippen LogP contribution is -2.66. The Bertz CT molecular complexity index is 307. The van der Waals surface area contributed by atoms with Crippen molar-refractivity contribution in [2.75, 3.05) is 0 Å². The largest absolute Gasteiger partial charge is 0.0654 e. The summed E-state index contributed by atoms with van der Waals surface area (Å²) in [5.74, 6) is 3.64. The lowest BCUT2D eigenvalue weighted by Gasteiger charge is -2.72. The molecule has 6 atom stereocenters. The van der Waals surface area contributed by atoms with E-state index in [2.05, 4.69) is 55.4 Å². The Labute approximate surface area is 135 Å². The van der Waals surface area contributed by atoms with Crippen LogP contribution in [0.4, 0.5) is 0 Å². The van der Waals surface area contributed by atoms with Gasteiger partial charge in [0.15, 0.2) is 0 Å². The van der Waals surface area contributed by atoms with E-state index in [0.717, 1.165) is 23.7 Å². The molecule has 6 unspecified atom stereocenters. The zero-order chi connectivity index (χ0) is 16.3. The molecule has 0 saturated heterocycles. The molecule has 1 rings (SSSR count). The smallest absolute Gasteiger partial charge is 0.0207 e. The van der Waals surface area contributed by atoms with Gasteiger partial charge < -0.3 is 0 Å². The molecule has 0 radical (unpaired) electrons. The van der Waals surface area contributed by atoms with Gasteiger partial charge in [-0.2, -0.15) is 0 Å². The highest BCUT2D eigenvalue weighted by Gasteiger charge is 2.67. The first-order chi connectivity index (χ1) is 9.90. The van der Waals surface area contributed by atoms with Gasteiger partial charge in [-0.1, -0.05) is 81.1 Å². The van der Waals surface area contributed by atoms with E-state index in [1.54, 1.807) is 0 Å². The second-order valence-corrected chi connectivity index (χ2v) is 8.13. The Kier molecular flexibility index (Phi) is 6.81. The summed E-state index contributed by atoms with van der Waals surface area (Å²) >= 11 is 0. The SMILES string of the molecule is CCCC(C(C)CC)C1(C)C(C)C(CC)C1(CC)CCC. The van der Waals surface area contributed by atoms with E-state index in [-0.39, 0.29) is 0 Å². The minimum Gasteiger partial charge on any atom is -0.0654 e. The molecule has 1 aliphatic rings. The zero-order valence-electron chi connectivity index (χ0n) is 16.3. The molecule has 0 heteroatoms. The molecule has 1 saturated carbocycles. The van der Waals surface area contributed by atoms with Crippen molar-refractivity contribution in [3.8, 4) is 0 Å². The number of hydrogen-bond donors (Lipinski definition) is 0. The molecular weight excluding hydrogens is 252 g/mol. The molecule has 0 heterocycles. The van der Waals surface area contributed by atoms with Crippen LogP contribution in [0.25, 0.3) is 0 Å². The average Bonchev–Trinajstić information content (AvgIpc) is 2.50. The van der Waals surface area contributed by atoms with E-state index in [0.29, 0.717) is 10.8 Å². The Balaban J connectivity index is 3.24. The van der Waals surface area contributed by atoms with Crippen LogP contribution < -0.4 is 0 Å². The fraction of sp³-hybridized carbons (Fsp3) is 1.00. The van der Waals surface area contributed by atoms with Crippen molar-refractivity contribution in [1.82, 2.24) is 0 Å². The molecule has 0 amide bonds. The van der Waals surface area contributed by atoms with Gasteiger partial charge in [0, 0.05) is 0 Å². The summed E-state index contributed by atoms with van der Waals surface area (Å²) < 4.78 is 0. The van der Waals surface area contributed by atoms with Gasteiger partial charge in [-0.05, 0) is 53.8 Å². The molecule has 0 bridgehead atoms. The standard InChI is InChI=1S/C21H42/c1-9-14-19(16(6)11-3)20(8)17(7)18(12-4)21(20,13-5)15-10-2/h16-19H,9-15H2,1-8H3. The van der Waals surface area contributed by atoms with E-state index in [1.807, 2.05) is 0 Å². The molecule has 0 aromatic heterocycles. The Morgan fingerprint density at radius 1 is 1.00 bits per heavy atom. The van der Waals surface area contributed by atoms with E-state index >= 15 is 0 Å². The van der Waals surface area contributed by atoms with E-state index in [4.69, 9.17) is 0 Å². The third-order valence-corrected chi connectivity index (χ3v) is 7.80. The van der Waals surface area contributed by atoms with E-state index in [9.17, 15) is 0 Å². The topological polar surface area (TPSA) is 0 Å². The third-order valence-electron chi connectivity index (χ3n) is 7.80. The molecule has 21 heavy (non-hydrogen) atoms. The normalized spacial score (nSPS) is 38.9. The summed E-state index contributed by atoms with van der Waals surface area (Å²) in [5, 5.41) is 0. The van der Waals surface area contributed by atoms with Gasteiger partial charge in [-0.25, -0.2) is 0 Å². The molecular formula is C21H42. The van der Waals surface area contributed by atoms with Crippen molar-refractivity contribution in [3.05, 3.63) is 0 Å². The first-order valence-corrected chi connectivity index (χ1v) is 9.90. The molecule has 0 N–H and O–H groups in total. The van der Waals surface area contributed by atoms with Crippen molar-refractivity contribution in [3.63, 3.8) is 0 Å². The number of hydrogen-bond acceptors (Lipinski definition) is 0. The minimum absolute atomic E-state index is 0.559. The fourth-order valence-electron chi connectivity index (χ4n) is 6.60. The first-order valence-electron chi connectivity index (χ1n) is 9.90. The van der Waals surface area contributed by atoms with Gasteiger partial charge in [0.2, 0.25) is 0 Å². The van der Waals surface area contributed by atoms with Gasteiger partial charge in [0.05, 0.1) is 0 Å². The quantitative estimate of drug-likeness (QED) is 0.417. The van der Waals surface area contributed by atoms with Crippen molar-refractivity contribution in [1.29, 1.82) is 0 Å². The van der Waals surface area contributed by atoms with E-state index in [1.165, 1.54) is 44.9 Å². The minimum atomic E-state index is 0.559. The molecule has 0 aromatic rings. The van der Waals surface area contributed by atoms with Gasteiger partial charge in [0.1, 0.15) is 0 Å². The summed E-state index contributed by atoms with van der Waals surface area (Å²) in [7, 11) is 0. The number of rotatable bonds is 9. The van der Waals surface area contributed by atoms with Crippen LogP contribution in [-0.2, 0) is 0 Å². The van der Waals surface area contributed by atoms with Crippen LogP contribution in [0, 0.1) is 34.5 Å². The predicted octanol–water partition coefficient (Wildman–Crippen LogP) is 7.33. The van der Waals surface area contributed by atoms with Gasteiger partial charge in [0.25, 0.3) is 0 Å². The highest BCUT2D eigenvalue weighted by molar-refractivity contribution is 5.15. The van der Waals surface area contributed by atoms with Crippen molar-refractivity contribution in [2.45, 2.75) is 100 Å². The monoisotopic (exact) mass is 294 g/mol. The lowest BCUT2D eigenvalue weighted by atomic mass is 9.32. The predicted molar refractivity (Wildman–Crippen MR) is 96.5 cm³/mol. The van der Waals surface area contributed by atoms with Crippen LogP contribution in [-0.4, -0.2) is 0 Å². The fourth-order valence-corrected chi connectivity index (χ4v) is 6.60. The summed E-state index contributed by atoms with van der Waals surface area (Å²) in [6.45, 7) is 19.8. The molecule has 0 aliphatic heterocycles. The van der Waals surface area contributed by atoms with E-state index < -0.39 is 0 Å². The molecule has 126 valence electrons. The second kappa shape index (κ2) is 7.51. The first kappa shape index (κ1) is 19.0. The summed E-state index contributed by atoms with van der Waals surface area (Å²) in [6, 6.07) is 0. The van der Waals surface area contributed by atoms with Crippen LogP contribution >= 0.6 is 0 Å². The maximum Gasteiger partial charge on any atom is -0.0207 e. The highest BCUT2D eigenvalue weighted by atomic mass is 14.7. The van der Waals surface area contributed by atoms with Gasteiger partial charge in [-0.3, -0.25) is 0 Å². The van der Waals surface area contributed by atoms with Gasteiger partial charge >= 0.3 is 0 Å². The maximum absolute atomic E-state index is 2.68. The van der Waals surface area contributed by atoms with Crippen LogP contribution in [0.5, 0.6) is 0 Å². The van der Waals surface area contributed by atoms with Crippen LogP contribution in [0.1, 0.15) is 100 Å². The second-order valence-electron chi connectivity index (χ2n) is 8.13. The van der Waals surface area contributed by atoms with Crippen molar-refractivity contribution >= 4 is 0 Å². The summed E-state index contributed by atoms with van der Waals surface area (Å²) in [6.07, 6.45) is 9.68.